The van der Waals surface area contributed by atoms with Crippen LogP contribution in [0.2, 0.25) is 10.0 Å². The number of aromatic amines is 1. The Kier molecular flexibility index (Phi) is 5.70. The first kappa shape index (κ1) is 20.8. The van der Waals surface area contributed by atoms with Gasteiger partial charge in [-0.25, -0.2) is 0 Å². The molecule has 158 valence electrons. The van der Waals surface area contributed by atoms with Crippen LogP contribution in [0, 0.1) is 0 Å². The highest BCUT2D eigenvalue weighted by molar-refractivity contribution is 7.99. The molecule has 0 spiro atoms. The quantitative estimate of drug-likeness (QED) is 0.235. The largest absolute Gasteiger partial charge is 0.360 e. The van der Waals surface area contributed by atoms with Crippen LogP contribution in [0.3, 0.4) is 0 Å². The Hall–Kier alpha value is -3.13. The number of H-pyrrole nitrogens is 1. The molecular weight excluding hydrogens is 465 g/mol. The number of carbonyl (C=O) groups excluding carboxylic acids is 1. The van der Waals surface area contributed by atoms with Gasteiger partial charge in [-0.3, -0.25) is 14.3 Å². The Labute approximate surface area is 197 Å². The molecule has 0 fully saturated rings. The summed E-state index contributed by atoms with van der Waals surface area (Å²) in [5.41, 5.74) is 3.12. The molecule has 5 aromatic rings. The molecule has 32 heavy (non-hydrogen) atoms. The maximum atomic E-state index is 13.0. The van der Waals surface area contributed by atoms with Crippen molar-refractivity contribution in [1.82, 2.24) is 24.7 Å². The lowest BCUT2D eigenvalue weighted by Crippen LogP contribution is -2.04. The van der Waals surface area contributed by atoms with Crippen LogP contribution in [0.25, 0.3) is 28.0 Å². The molecule has 5 rings (SSSR count). The maximum Gasteiger partial charge on any atom is 0.196 e. The van der Waals surface area contributed by atoms with Crippen molar-refractivity contribution in [1.29, 1.82) is 0 Å². The molecule has 1 N–H and O–H groups in total. The molecule has 0 aliphatic carbocycles. The van der Waals surface area contributed by atoms with E-state index >= 15 is 0 Å². The van der Waals surface area contributed by atoms with E-state index in [1.54, 1.807) is 30.7 Å². The van der Waals surface area contributed by atoms with Gasteiger partial charge in [-0.15, -0.1) is 10.2 Å². The molecule has 3 aromatic heterocycles. The summed E-state index contributed by atoms with van der Waals surface area (Å²) in [5.74, 6) is 0.798. The number of hydrogen-bond acceptors (Lipinski definition) is 5. The fourth-order valence-electron chi connectivity index (χ4n) is 3.41. The van der Waals surface area contributed by atoms with E-state index in [1.807, 2.05) is 47.0 Å². The Morgan fingerprint density at radius 2 is 1.91 bits per heavy atom. The van der Waals surface area contributed by atoms with E-state index in [2.05, 4.69) is 20.2 Å². The van der Waals surface area contributed by atoms with Crippen molar-refractivity contribution < 1.29 is 4.79 Å². The van der Waals surface area contributed by atoms with E-state index in [0.29, 0.717) is 26.6 Å². The fourth-order valence-corrected chi connectivity index (χ4v) is 4.54. The summed E-state index contributed by atoms with van der Waals surface area (Å²) >= 11 is 13.7. The van der Waals surface area contributed by atoms with E-state index in [-0.39, 0.29) is 11.5 Å². The minimum atomic E-state index is -0.000865. The number of hydrogen-bond donors (Lipinski definition) is 1. The third kappa shape index (κ3) is 3.90. The number of ketones is 1. The number of halogens is 2. The van der Waals surface area contributed by atoms with Crippen LogP contribution in [0.1, 0.15) is 10.4 Å². The van der Waals surface area contributed by atoms with Crippen LogP contribution in [-0.4, -0.2) is 36.3 Å². The molecule has 0 aliphatic heterocycles. The van der Waals surface area contributed by atoms with Crippen molar-refractivity contribution in [3.8, 4) is 17.1 Å². The topological polar surface area (TPSA) is 76.5 Å². The van der Waals surface area contributed by atoms with E-state index in [9.17, 15) is 4.79 Å². The number of nitrogens with zero attached hydrogens (tertiary/aromatic N) is 4. The van der Waals surface area contributed by atoms with Gasteiger partial charge in [0, 0.05) is 40.6 Å². The van der Waals surface area contributed by atoms with E-state index < -0.39 is 0 Å². The van der Waals surface area contributed by atoms with Crippen LogP contribution in [-0.2, 0) is 0 Å². The zero-order valence-corrected chi connectivity index (χ0v) is 18.8. The minimum Gasteiger partial charge on any atom is -0.360 e. The lowest BCUT2D eigenvalue weighted by molar-refractivity contribution is 0.102. The molecule has 0 radical (unpaired) electrons. The summed E-state index contributed by atoms with van der Waals surface area (Å²) < 4.78 is 1.85. The second kappa shape index (κ2) is 8.78. The Morgan fingerprint density at radius 1 is 1.03 bits per heavy atom. The third-order valence-electron chi connectivity index (χ3n) is 4.94. The van der Waals surface area contributed by atoms with E-state index in [1.165, 1.54) is 11.8 Å². The highest BCUT2D eigenvalue weighted by Crippen LogP contribution is 2.31. The Bertz CT molecular complexity index is 1430. The first-order chi connectivity index (χ1) is 15.6. The van der Waals surface area contributed by atoms with Crippen LogP contribution >= 0.6 is 35.0 Å². The second-order valence-electron chi connectivity index (χ2n) is 6.94. The number of para-hydroxylation sites is 1. The molecule has 0 aliphatic rings. The second-order valence-corrected chi connectivity index (χ2v) is 8.70. The lowest BCUT2D eigenvalue weighted by atomic mass is 10.1. The molecule has 6 nitrogen and oxygen atoms in total. The van der Waals surface area contributed by atoms with Gasteiger partial charge in [0.2, 0.25) is 0 Å². The molecule has 9 heteroatoms. The maximum absolute atomic E-state index is 13.0. The van der Waals surface area contributed by atoms with Gasteiger partial charge in [0.15, 0.2) is 16.8 Å². The number of nitrogens with one attached hydrogen (secondary N) is 1. The van der Waals surface area contributed by atoms with Crippen LogP contribution in [0.4, 0.5) is 0 Å². The predicted molar refractivity (Wildman–Crippen MR) is 128 cm³/mol. The third-order valence-corrected chi connectivity index (χ3v) is 6.60. The van der Waals surface area contributed by atoms with Gasteiger partial charge in [-0.1, -0.05) is 53.2 Å². The summed E-state index contributed by atoms with van der Waals surface area (Å²) in [7, 11) is 0. The Morgan fingerprint density at radius 3 is 2.72 bits per heavy atom. The van der Waals surface area contributed by atoms with Crippen molar-refractivity contribution in [2.45, 2.75) is 5.16 Å². The first-order valence-corrected chi connectivity index (χ1v) is 11.4. The standard InChI is InChI=1S/C23H15Cl2N5OS/c24-18-8-7-15(10-19(18)25)30-22(14-4-3-9-26-11-14)28-29-23(30)32-13-21(31)17-12-27-20-6-2-1-5-16(17)20/h1-12,27H,13H2. The smallest absolute Gasteiger partial charge is 0.196 e. The first-order valence-electron chi connectivity index (χ1n) is 9.65. The summed E-state index contributed by atoms with van der Waals surface area (Å²) in [6.45, 7) is 0. The molecule has 0 bridgehead atoms. The normalized spacial score (nSPS) is 11.2. The van der Waals surface area contributed by atoms with Gasteiger partial charge in [0.05, 0.1) is 21.5 Å². The molecular formula is C23H15Cl2N5OS. The highest BCUT2D eigenvalue weighted by Gasteiger charge is 2.19. The van der Waals surface area contributed by atoms with Gasteiger partial charge >= 0.3 is 0 Å². The average Bonchev–Trinajstić information content (AvgIpc) is 3.44. The van der Waals surface area contributed by atoms with Crippen molar-refractivity contribution in [3.63, 3.8) is 0 Å². The number of thioether (sulfide) groups is 1. The van der Waals surface area contributed by atoms with Gasteiger partial charge in [0.1, 0.15) is 0 Å². The molecule has 2 aromatic carbocycles. The molecule has 3 heterocycles. The number of aromatic nitrogens is 5. The number of Topliss-reactive ketones (excluding diaryl/α,β-unsaturated/α-hetero) is 1. The summed E-state index contributed by atoms with van der Waals surface area (Å²) in [6, 6.07) is 16.8. The zero-order chi connectivity index (χ0) is 22.1. The number of fused-ring (bicyclic) bond motifs is 1. The fraction of sp³-hybridized carbons (Fsp3) is 0.0435. The average molecular weight is 480 g/mol. The van der Waals surface area contributed by atoms with Gasteiger partial charge in [0.25, 0.3) is 0 Å². The predicted octanol–water partition coefficient (Wildman–Crippen LogP) is 6.09. The SMILES string of the molecule is O=C(CSc1nnc(-c2cccnc2)n1-c1ccc(Cl)c(Cl)c1)c1c[nH]c2ccccc12. The monoisotopic (exact) mass is 479 g/mol. The van der Waals surface area contributed by atoms with E-state index in [4.69, 9.17) is 23.2 Å². The number of rotatable bonds is 6. The van der Waals surface area contributed by atoms with Crippen molar-refractivity contribution in [2.75, 3.05) is 5.75 Å². The van der Waals surface area contributed by atoms with Crippen LogP contribution in [0.5, 0.6) is 0 Å². The van der Waals surface area contributed by atoms with Crippen LogP contribution in [0.15, 0.2) is 78.3 Å². The van der Waals surface area contributed by atoms with Crippen molar-refractivity contribution in [2.24, 2.45) is 0 Å². The molecule has 0 amide bonds. The number of pyridine rings is 1. The Balaban J connectivity index is 1.50. The van der Waals surface area contributed by atoms with Crippen molar-refractivity contribution >= 4 is 51.6 Å². The van der Waals surface area contributed by atoms with E-state index in [0.717, 1.165) is 22.2 Å². The van der Waals surface area contributed by atoms with Gasteiger partial charge in [-0.2, -0.15) is 0 Å². The molecule has 0 saturated heterocycles. The molecule has 0 saturated carbocycles. The number of carbonyl (C=O) groups is 1. The molecule has 0 atom stereocenters. The summed E-state index contributed by atoms with van der Waals surface area (Å²) in [4.78, 5) is 20.3. The summed E-state index contributed by atoms with van der Waals surface area (Å²) in [5, 5.41) is 11.1. The highest BCUT2D eigenvalue weighted by atomic mass is 35.5. The van der Waals surface area contributed by atoms with Gasteiger partial charge < -0.3 is 4.98 Å². The summed E-state index contributed by atoms with van der Waals surface area (Å²) in [6.07, 6.45) is 5.15. The number of benzene rings is 2. The lowest BCUT2D eigenvalue weighted by Gasteiger charge is -2.11. The molecule has 0 unspecified atom stereocenters. The van der Waals surface area contributed by atoms with Crippen LogP contribution < -0.4 is 0 Å². The minimum absolute atomic E-state index is 0.000865. The van der Waals surface area contributed by atoms with Gasteiger partial charge in [-0.05, 0) is 36.4 Å². The zero-order valence-electron chi connectivity index (χ0n) is 16.5. The van der Waals surface area contributed by atoms with Crippen molar-refractivity contribution in [3.05, 3.63) is 88.8 Å².